The first-order valence-electron chi connectivity index (χ1n) is 7.88. The van der Waals surface area contributed by atoms with Gasteiger partial charge in [-0.25, -0.2) is 4.98 Å². The molecule has 2 rings (SSSR count). The van der Waals surface area contributed by atoms with Crippen molar-refractivity contribution in [3.63, 3.8) is 0 Å². The quantitative estimate of drug-likeness (QED) is 0.888. The molecule has 0 atom stereocenters. The van der Waals surface area contributed by atoms with Gasteiger partial charge in [0.05, 0.1) is 6.20 Å². The van der Waals surface area contributed by atoms with Crippen LogP contribution in [0.15, 0.2) is 23.3 Å². The lowest BCUT2D eigenvalue weighted by atomic mass is 10.1. The molecular weight excluding hydrogens is 276 g/mol. The average Bonchev–Trinajstić information content (AvgIpc) is 2.93. The van der Waals surface area contributed by atoms with E-state index >= 15 is 0 Å². The monoisotopic (exact) mass is 300 g/mol. The largest absolute Gasteiger partial charge is 0.307 e. The molecule has 2 heterocycles. The zero-order valence-corrected chi connectivity index (χ0v) is 13.8. The molecule has 2 aromatic heterocycles. The van der Waals surface area contributed by atoms with E-state index in [1.165, 1.54) is 0 Å². The Balaban J connectivity index is 2.38. The highest BCUT2D eigenvalue weighted by Crippen LogP contribution is 2.18. The first kappa shape index (κ1) is 16.2. The van der Waals surface area contributed by atoms with Crippen molar-refractivity contribution in [2.24, 2.45) is 0 Å². The summed E-state index contributed by atoms with van der Waals surface area (Å²) in [6.07, 6.45) is 8.48. The molecule has 2 aromatic rings. The summed E-state index contributed by atoms with van der Waals surface area (Å²) in [4.78, 5) is 19.2. The number of hydrogen-bond donors (Lipinski definition) is 1. The molecule has 0 aliphatic rings. The molecule has 0 aromatic carbocycles. The first-order valence-corrected chi connectivity index (χ1v) is 7.88. The van der Waals surface area contributed by atoms with Crippen molar-refractivity contribution in [2.75, 3.05) is 0 Å². The SMILES string of the molecule is CCCc1cc(=O)[nH]c(C(=Cc2cnn(C(C)C)c2)CC)n1. The summed E-state index contributed by atoms with van der Waals surface area (Å²) >= 11 is 0. The lowest BCUT2D eigenvalue weighted by Gasteiger charge is -2.06. The molecule has 0 aliphatic heterocycles. The van der Waals surface area contributed by atoms with Gasteiger partial charge in [0.1, 0.15) is 5.82 Å². The van der Waals surface area contributed by atoms with Crippen LogP contribution in [0.3, 0.4) is 0 Å². The van der Waals surface area contributed by atoms with Gasteiger partial charge in [-0.3, -0.25) is 9.48 Å². The summed E-state index contributed by atoms with van der Waals surface area (Å²) in [5.41, 5.74) is 2.79. The van der Waals surface area contributed by atoms with Crippen LogP contribution in [-0.4, -0.2) is 19.7 Å². The van der Waals surface area contributed by atoms with E-state index in [1.807, 2.05) is 23.2 Å². The zero-order chi connectivity index (χ0) is 16.1. The van der Waals surface area contributed by atoms with Crippen molar-refractivity contribution >= 4 is 11.6 Å². The Labute approximate surface area is 131 Å². The fourth-order valence-corrected chi connectivity index (χ4v) is 2.29. The molecule has 0 amide bonds. The molecule has 0 bridgehead atoms. The summed E-state index contributed by atoms with van der Waals surface area (Å²) in [5, 5.41) is 4.34. The van der Waals surface area contributed by atoms with Gasteiger partial charge in [0, 0.05) is 29.6 Å². The topological polar surface area (TPSA) is 63.6 Å². The third kappa shape index (κ3) is 3.93. The summed E-state index contributed by atoms with van der Waals surface area (Å²) in [6.45, 7) is 8.33. The van der Waals surface area contributed by atoms with E-state index < -0.39 is 0 Å². The van der Waals surface area contributed by atoms with Crippen molar-refractivity contribution in [3.05, 3.63) is 45.9 Å². The Bertz CT molecular complexity index is 709. The third-order valence-electron chi connectivity index (χ3n) is 3.48. The van der Waals surface area contributed by atoms with E-state index in [2.05, 4.69) is 42.8 Å². The summed E-state index contributed by atoms with van der Waals surface area (Å²) in [7, 11) is 0. The number of aromatic amines is 1. The number of nitrogens with zero attached hydrogens (tertiary/aromatic N) is 3. The Hall–Kier alpha value is -2.17. The van der Waals surface area contributed by atoms with Gasteiger partial charge in [-0.15, -0.1) is 0 Å². The Morgan fingerprint density at radius 2 is 2.18 bits per heavy atom. The smallest absolute Gasteiger partial charge is 0.251 e. The maximum absolute atomic E-state index is 11.8. The van der Waals surface area contributed by atoms with Gasteiger partial charge < -0.3 is 4.98 Å². The van der Waals surface area contributed by atoms with Gasteiger partial charge in [0.25, 0.3) is 5.56 Å². The van der Waals surface area contributed by atoms with E-state index in [4.69, 9.17) is 0 Å². The van der Waals surface area contributed by atoms with Crippen LogP contribution in [0.5, 0.6) is 0 Å². The van der Waals surface area contributed by atoms with Crippen LogP contribution in [0.2, 0.25) is 0 Å². The van der Waals surface area contributed by atoms with Gasteiger partial charge in [-0.2, -0.15) is 5.10 Å². The second-order valence-corrected chi connectivity index (χ2v) is 5.71. The van der Waals surface area contributed by atoms with Crippen molar-refractivity contribution in [2.45, 2.75) is 53.0 Å². The maximum Gasteiger partial charge on any atom is 0.251 e. The lowest BCUT2D eigenvalue weighted by Crippen LogP contribution is -2.12. The number of hydrogen-bond acceptors (Lipinski definition) is 3. The lowest BCUT2D eigenvalue weighted by molar-refractivity contribution is 0.532. The first-order chi connectivity index (χ1) is 10.5. The molecule has 5 nitrogen and oxygen atoms in total. The molecule has 1 N–H and O–H groups in total. The molecule has 0 saturated heterocycles. The van der Waals surface area contributed by atoms with Gasteiger partial charge >= 0.3 is 0 Å². The molecule has 0 aliphatic carbocycles. The van der Waals surface area contributed by atoms with E-state index in [9.17, 15) is 4.79 Å². The second kappa shape index (κ2) is 7.20. The van der Waals surface area contributed by atoms with E-state index in [-0.39, 0.29) is 5.56 Å². The fraction of sp³-hybridized carbons (Fsp3) is 0.471. The minimum absolute atomic E-state index is 0.0920. The van der Waals surface area contributed by atoms with Gasteiger partial charge in [0.15, 0.2) is 0 Å². The number of nitrogens with one attached hydrogen (secondary N) is 1. The summed E-state index contributed by atoms with van der Waals surface area (Å²) < 4.78 is 1.92. The third-order valence-corrected chi connectivity index (χ3v) is 3.48. The van der Waals surface area contributed by atoms with Crippen molar-refractivity contribution < 1.29 is 0 Å². The second-order valence-electron chi connectivity index (χ2n) is 5.71. The predicted molar refractivity (Wildman–Crippen MR) is 89.6 cm³/mol. The van der Waals surface area contributed by atoms with Crippen molar-refractivity contribution in [3.8, 4) is 0 Å². The molecule has 0 radical (unpaired) electrons. The van der Waals surface area contributed by atoms with Crippen LogP contribution in [0.1, 0.15) is 63.7 Å². The molecule has 118 valence electrons. The Morgan fingerprint density at radius 1 is 1.41 bits per heavy atom. The molecule has 0 saturated carbocycles. The van der Waals surface area contributed by atoms with E-state index in [0.717, 1.165) is 36.1 Å². The van der Waals surface area contributed by atoms with E-state index in [0.29, 0.717) is 11.9 Å². The molecule has 0 spiro atoms. The standard InChI is InChI=1S/C17H24N4O/c1-5-7-15-9-16(22)20-17(19-15)14(6-2)8-13-10-18-21(11-13)12(3)4/h8-12H,5-7H2,1-4H3,(H,19,20,22). The normalized spacial score (nSPS) is 12.1. The molecule has 0 fully saturated rings. The average molecular weight is 300 g/mol. The highest BCUT2D eigenvalue weighted by Gasteiger charge is 2.07. The molecule has 0 unspecified atom stereocenters. The van der Waals surface area contributed by atoms with Gasteiger partial charge in [-0.1, -0.05) is 20.3 Å². The van der Waals surface area contributed by atoms with Crippen molar-refractivity contribution in [1.29, 1.82) is 0 Å². The number of H-pyrrole nitrogens is 1. The minimum atomic E-state index is -0.0920. The highest BCUT2D eigenvalue weighted by molar-refractivity contribution is 5.78. The number of aromatic nitrogens is 4. The van der Waals surface area contributed by atoms with Crippen LogP contribution in [0.25, 0.3) is 11.6 Å². The maximum atomic E-state index is 11.8. The molecular formula is C17H24N4O. The van der Waals surface area contributed by atoms with Crippen LogP contribution < -0.4 is 5.56 Å². The van der Waals surface area contributed by atoms with Crippen LogP contribution >= 0.6 is 0 Å². The van der Waals surface area contributed by atoms with Crippen LogP contribution in [0.4, 0.5) is 0 Å². The Kier molecular flexibility index (Phi) is 5.31. The fourth-order valence-electron chi connectivity index (χ4n) is 2.29. The highest BCUT2D eigenvalue weighted by atomic mass is 16.1. The van der Waals surface area contributed by atoms with Crippen LogP contribution in [-0.2, 0) is 6.42 Å². The molecule has 5 heteroatoms. The predicted octanol–water partition coefficient (Wildman–Crippen LogP) is 3.45. The Morgan fingerprint density at radius 3 is 2.77 bits per heavy atom. The molecule has 22 heavy (non-hydrogen) atoms. The summed E-state index contributed by atoms with van der Waals surface area (Å²) in [6, 6.07) is 1.91. The number of rotatable bonds is 6. The summed E-state index contributed by atoms with van der Waals surface area (Å²) in [5.74, 6) is 0.663. The van der Waals surface area contributed by atoms with Gasteiger partial charge in [0.2, 0.25) is 0 Å². The number of allylic oxidation sites excluding steroid dienone is 1. The van der Waals surface area contributed by atoms with Crippen molar-refractivity contribution in [1.82, 2.24) is 19.7 Å². The zero-order valence-electron chi connectivity index (χ0n) is 13.8. The van der Waals surface area contributed by atoms with Gasteiger partial charge in [-0.05, 0) is 38.3 Å². The van der Waals surface area contributed by atoms with E-state index in [1.54, 1.807) is 6.07 Å². The van der Waals surface area contributed by atoms with Crippen LogP contribution in [0, 0.1) is 0 Å². The number of aryl methyl sites for hydroxylation is 1. The minimum Gasteiger partial charge on any atom is -0.307 e.